The van der Waals surface area contributed by atoms with Gasteiger partial charge < -0.3 is 9.80 Å². The molecular formula is C14H17Br2ClN2O. The average molecular weight is 425 g/mol. The van der Waals surface area contributed by atoms with Crippen molar-refractivity contribution in [2.24, 2.45) is 0 Å². The Kier molecular flexibility index (Phi) is 6.33. The van der Waals surface area contributed by atoms with Crippen molar-refractivity contribution in [3.8, 4) is 0 Å². The Morgan fingerprint density at radius 2 is 2.00 bits per heavy atom. The van der Waals surface area contributed by atoms with E-state index in [0.717, 1.165) is 53.7 Å². The first-order valence-corrected chi connectivity index (χ1v) is 8.76. The summed E-state index contributed by atoms with van der Waals surface area (Å²) in [6, 6.07) is 5.67. The number of alkyl halides is 1. The maximum absolute atomic E-state index is 12.6. The Morgan fingerprint density at radius 1 is 1.20 bits per heavy atom. The molecule has 1 heterocycles. The van der Waals surface area contributed by atoms with Crippen LogP contribution in [0.15, 0.2) is 27.1 Å². The predicted octanol–water partition coefficient (Wildman–Crippen LogP) is 3.60. The highest BCUT2D eigenvalue weighted by molar-refractivity contribution is 9.11. The van der Waals surface area contributed by atoms with Gasteiger partial charge in [0.2, 0.25) is 0 Å². The van der Waals surface area contributed by atoms with Crippen LogP contribution >= 0.6 is 43.5 Å². The summed E-state index contributed by atoms with van der Waals surface area (Å²) in [5.41, 5.74) is 0.721. The van der Waals surface area contributed by atoms with Gasteiger partial charge in [-0.1, -0.05) is 15.9 Å². The molecule has 3 nitrogen and oxygen atoms in total. The summed E-state index contributed by atoms with van der Waals surface area (Å²) in [5.74, 6) is 0.740. The molecule has 0 aromatic heterocycles. The van der Waals surface area contributed by atoms with E-state index < -0.39 is 0 Å². The summed E-state index contributed by atoms with van der Waals surface area (Å²) in [6.07, 6.45) is 0.997. The van der Waals surface area contributed by atoms with Crippen molar-refractivity contribution < 1.29 is 4.79 Å². The second kappa shape index (κ2) is 7.78. The Balaban J connectivity index is 2.05. The van der Waals surface area contributed by atoms with E-state index in [-0.39, 0.29) is 5.91 Å². The Morgan fingerprint density at radius 3 is 2.70 bits per heavy atom. The molecule has 1 aromatic rings. The zero-order valence-corrected chi connectivity index (χ0v) is 15.0. The summed E-state index contributed by atoms with van der Waals surface area (Å²) >= 11 is 12.7. The molecular weight excluding hydrogens is 407 g/mol. The van der Waals surface area contributed by atoms with Crippen LogP contribution in [0.4, 0.5) is 0 Å². The monoisotopic (exact) mass is 422 g/mol. The summed E-state index contributed by atoms with van der Waals surface area (Å²) in [6.45, 7) is 4.37. The molecule has 1 aliphatic rings. The Bertz CT molecular complexity index is 484. The molecule has 0 radical (unpaired) electrons. The third-order valence-electron chi connectivity index (χ3n) is 3.44. The summed E-state index contributed by atoms with van der Waals surface area (Å²) in [4.78, 5) is 16.8. The maximum atomic E-state index is 12.6. The van der Waals surface area contributed by atoms with Crippen LogP contribution in [0.1, 0.15) is 16.8 Å². The number of benzene rings is 1. The number of halogens is 3. The highest BCUT2D eigenvalue weighted by Crippen LogP contribution is 2.23. The molecule has 1 fully saturated rings. The van der Waals surface area contributed by atoms with E-state index in [1.807, 2.05) is 23.1 Å². The SMILES string of the molecule is O=C(c1ccc(Br)cc1Br)N1CCCN(CCCl)CC1. The molecule has 1 aromatic carbocycles. The van der Waals surface area contributed by atoms with E-state index in [9.17, 15) is 4.79 Å². The molecule has 6 heteroatoms. The number of rotatable bonds is 3. The zero-order valence-electron chi connectivity index (χ0n) is 11.1. The van der Waals surface area contributed by atoms with Crippen LogP contribution in [-0.2, 0) is 0 Å². The molecule has 0 spiro atoms. The molecule has 20 heavy (non-hydrogen) atoms. The number of amides is 1. The number of carbonyl (C=O) groups is 1. The van der Waals surface area contributed by atoms with Crippen molar-refractivity contribution in [2.45, 2.75) is 6.42 Å². The fraction of sp³-hybridized carbons (Fsp3) is 0.500. The van der Waals surface area contributed by atoms with Crippen molar-refractivity contribution in [2.75, 3.05) is 38.6 Å². The van der Waals surface area contributed by atoms with Gasteiger partial charge in [0, 0.05) is 41.0 Å². The van der Waals surface area contributed by atoms with Gasteiger partial charge in [-0.2, -0.15) is 0 Å². The molecule has 1 saturated heterocycles. The lowest BCUT2D eigenvalue weighted by Gasteiger charge is -2.22. The second-order valence-corrected chi connectivity index (χ2v) is 6.95. The Labute approximate surface area is 141 Å². The van der Waals surface area contributed by atoms with Gasteiger partial charge in [-0.3, -0.25) is 4.79 Å². The highest BCUT2D eigenvalue weighted by atomic mass is 79.9. The predicted molar refractivity (Wildman–Crippen MR) is 89.5 cm³/mol. The molecule has 0 atom stereocenters. The van der Waals surface area contributed by atoms with Crippen LogP contribution < -0.4 is 0 Å². The van der Waals surface area contributed by atoms with Crippen LogP contribution in [0.25, 0.3) is 0 Å². The molecule has 0 unspecified atom stereocenters. The zero-order chi connectivity index (χ0) is 14.5. The Hall–Kier alpha value is -0.100. The molecule has 110 valence electrons. The quantitative estimate of drug-likeness (QED) is 0.693. The van der Waals surface area contributed by atoms with Gasteiger partial charge in [0.05, 0.1) is 5.56 Å². The molecule has 0 bridgehead atoms. The van der Waals surface area contributed by atoms with Gasteiger partial charge in [-0.15, -0.1) is 11.6 Å². The number of nitrogens with zero attached hydrogens (tertiary/aromatic N) is 2. The number of hydrogen-bond acceptors (Lipinski definition) is 2. The molecule has 2 rings (SSSR count). The van der Waals surface area contributed by atoms with Crippen molar-refractivity contribution in [1.82, 2.24) is 9.80 Å². The van der Waals surface area contributed by atoms with Gasteiger partial charge in [0.15, 0.2) is 0 Å². The van der Waals surface area contributed by atoms with Crippen molar-refractivity contribution >= 4 is 49.4 Å². The van der Waals surface area contributed by atoms with E-state index >= 15 is 0 Å². The van der Waals surface area contributed by atoms with Crippen molar-refractivity contribution in [3.05, 3.63) is 32.7 Å². The molecule has 1 aliphatic heterocycles. The summed E-state index contributed by atoms with van der Waals surface area (Å²) < 4.78 is 1.80. The molecule has 1 amide bonds. The standard InChI is InChI=1S/C14H17Br2ClN2O/c15-11-2-3-12(13(16)10-11)14(20)19-6-1-5-18(7-4-17)8-9-19/h2-3,10H,1,4-9H2. The van der Waals surface area contributed by atoms with Gasteiger partial charge >= 0.3 is 0 Å². The normalized spacial score (nSPS) is 17.1. The van der Waals surface area contributed by atoms with Gasteiger partial charge in [0.25, 0.3) is 5.91 Å². The lowest BCUT2D eigenvalue weighted by atomic mass is 10.2. The topological polar surface area (TPSA) is 23.6 Å². The number of hydrogen-bond donors (Lipinski definition) is 0. The second-order valence-electron chi connectivity index (χ2n) is 4.80. The van der Waals surface area contributed by atoms with Crippen LogP contribution in [-0.4, -0.2) is 54.3 Å². The minimum Gasteiger partial charge on any atom is -0.337 e. The molecule has 0 N–H and O–H groups in total. The van der Waals surface area contributed by atoms with Gasteiger partial charge in [-0.25, -0.2) is 0 Å². The summed E-state index contributed by atoms with van der Waals surface area (Å²) in [7, 11) is 0. The summed E-state index contributed by atoms with van der Waals surface area (Å²) in [5, 5.41) is 0. The largest absolute Gasteiger partial charge is 0.337 e. The van der Waals surface area contributed by atoms with E-state index in [4.69, 9.17) is 11.6 Å². The van der Waals surface area contributed by atoms with E-state index in [1.54, 1.807) is 0 Å². The van der Waals surface area contributed by atoms with Crippen LogP contribution in [0, 0.1) is 0 Å². The van der Waals surface area contributed by atoms with E-state index in [2.05, 4.69) is 36.8 Å². The fourth-order valence-electron chi connectivity index (χ4n) is 2.35. The molecule has 0 saturated carbocycles. The number of carbonyl (C=O) groups excluding carboxylic acids is 1. The lowest BCUT2D eigenvalue weighted by Crippen LogP contribution is -2.35. The van der Waals surface area contributed by atoms with Crippen molar-refractivity contribution in [1.29, 1.82) is 0 Å². The fourth-order valence-corrected chi connectivity index (χ4v) is 3.81. The smallest absolute Gasteiger partial charge is 0.255 e. The van der Waals surface area contributed by atoms with Crippen LogP contribution in [0.5, 0.6) is 0 Å². The highest BCUT2D eigenvalue weighted by Gasteiger charge is 2.21. The van der Waals surface area contributed by atoms with Gasteiger partial charge in [0.1, 0.15) is 0 Å². The van der Waals surface area contributed by atoms with Crippen LogP contribution in [0.3, 0.4) is 0 Å². The average Bonchev–Trinajstić information content (AvgIpc) is 2.64. The first kappa shape index (κ1) is 16.3. The van der Waals surface area contributed by atoms with Gasteiger partial charge in [-0.05, 0) is 47.1 Å². The lowest BCUT2D eigenvalue weighted by molar-refractivity contribution is 0.0761. The third kappa shape index (κ3) is 4.20. The van der Waals surface area contributed by atoms with Crippen LogP contribution in [0.2, 0.25) is 0 Å². The first-order valence-electron chi connectivity index (χ1n) is 6.64. The minimum atomic E-state index is 0.0945. The van der Waals surface area contributed by atoms with E-state index in [0.29, 0.717) is 5.88 Å². The third-order valence-corrected chi connectivity index (χ3v) is 4.76. The van der Waals surface area contributed by atoms with Crippen molar-refractivity contribution in [3.63, 3.8) is 0 Å². The first-order chi connectivity index (χ1) is 9.61. The minimum absolute atomic E-state index is 0.0945. The molecule has 0 aliphatic carbocycles. The van der Waals surface area contributed by atoms with E-state index in [1.165, 1.54) is 0 Å². The maximum Gasteiger partial charge on any atom is 0.255 e.